The average Bonchev–Trinajstić information content (AvgIpc) is 2.37. The maximum atomic E-state index is 12.0. The number of thiocarbonyl (C=S) groups is 1. The van der Waals surface area contributed by atoms with Gasteiger partial charge in [-0.25, -0.2) is 0 Å². The van der Waals surface area contributed by atoms with E-state index < -0.39 is 0 Å². The minimum Gasteiger partial charge on any atom is -0.393 e. The lowest BCUT2D eigenvalue weighted by atomic mass is 10.1. The van der Waals surface area contributed by atoms with Crippen LogP contribution in [-0.2, 0) is 11.2 Å². The number of hydrogen-bond acceptors (Lipinski definition) is 2. The molecule has 0 saturated heterocycles. The van der Waals surface area contributed by atoms with Crippen molar-refractivity contribution in [3.63, 3.8) is 0 Å². The van der Waals surface area contributed by atoms with Crippen molar-refractivity contribution >= 4 is 23.1 Å². The van der Waals surface area contributed by atoms with Crippen molar-refractivity contribution in [2.24, 2.45) is 11.7 Å². The molecule has 104 valence electrons. The van der Waals surface area contributed by atoms with Crippen LogP contribution in [0.1, 0.15) is 24.5 Å². The predicted molar refractivity (Wildman–Crippen MR) is 83.1 cm³/mol. The molecule has 0 fully saturated rings. The monoisotopic (exact) mass is 278 g/mol. The van der Waals surface area contributed by atoms with E-state index in [1.807, 2.05) is 6.92 Å². The molecule has 0 aromatic heterocycles. The number of carbonyl (C=O) groups excluding carboxylic acids is 1. The third-order valence-electron chi connectivity index (χ3n) is 3.21. The molecule has 0 bridgehead atoms. The van der Waals surface area contributed by atoms with E-state index in [1.54, 1.807) is 11.9 Å². The Hall–Kier alpha value is -1.42. The molecule has 0 radical (unpaired) electrons. The lowest BCUT2D eigenvalue weighted by molar-refractivity contribution is -0.130. The standard InChI is InChI=1S/C15H22N2OS/c1-11-4-6-13(7-5-11)8-9-14(18)17(3)10-12(2)15(16)19/h4-7,12H,8-10H2,1-3H3,(H2,16,19). The lowest BCUT2D eigenvalue weighted by Gasteiger charge is -2.21. The number of nitrogens with two attached hydrogens (primary N) is 1. The van der Waals surface area contributed by atoms with Crippen molar-refractivity contribution in [2.75, 3.05) is 13.6 Å². The van der Waals surface area contributed by atoms with Gasteiger partial charge < -0.3 is 10.6 Å². The number of benzene rings is 1. The molecule has 0 aliphatic carbocycles. The lowest BCUT2D eigenvalue weighted by Crippen LogP contribution is -2.35. The predicted octanol–water partition coefficient (Wildman–Crippen LogP) is 2.31. The Bertz CT molecular complexity index is 442. The van der Waals surface area contributed by atoms with Crippen molar-refractivity contribution in [3.8, 4) is 0 Å². The molecule has 19 heavy (non-hydrogen) atoms. The van der Waals surface area contributed by atoms with Crippen LogP contribution in [-0.4, -0.2) is 29.4 Å². The van der Waals surface area contributed by atoms with Gasteiger partial charge >= 0.3 is 0 Å². The fourth-order valence-electron chi connectivity index (χ4n) is 1.80. The van der Waals surface area contributed by atoms with Crippen molar-refractivity contribution < 1.29 is 4.79 Å². The van der Waals surface area contributed by atoms with Crippen molar-refractivity contribution in [1.82, 2.24) is 4.90 Å². The molecule has 1 aromatic carbocycles. The molecule has 0 aliphatic heterocycles. The number of rotatable bonds is 6. The molecule has 0 heterocycles. The van der Waals surface area contributed by atoms with Crippen LogP contribution in [0.25, 0.3) is 0 Å². The quantitative estimate of drug-likeness (QED) is 0.812. The number of carbonyl (C=O) groups is 1. The molecule has 1 atom stereocenters. The first-order chi connectivity index (χ1) is 8.90. The summed E-state index contributed by atoms with van der Waals surface area (Å²) in [5.41, 5.74) is 7.98. The Kier molecular flexibility index (Phi) is 5.96. The van der Waals surface area contributed by atoms with Gasteiger partial charge in [-0.1, -0.05) is 49.0 Å². The SMILES string of the molecule is Cc1ccc(CCC(=O)N(C)CC(C)C(N)=S)cc1. The fourth-order valence-corrected chi connectivity index (χ4v) is 1.87. The number of hydrogen-bond donors (Lipinski definition) is 1. The van der Waals surface area contributed by atoms with Crippen LogP contribution in [0, 0.1) is 12.8 Å². The van der Waals surface area contributed by atoms with Crippen LogP contribution >= 0.6 is 12.2 Å². The second-order valence-corrected chi connectivity index (χ2v) is 5.53. The third kappa shape index (κ3) is 5.39. The number of nitrogens with zero attached hydrogens (tertiary/aromatic N) is 1. The Morgan fingerprint density at radius 3 is 2.47 bits per heavy atom. The van der Waals surface area contributed by atoms with E-state index in [-0.39, 0.29) is 11.8 Å². The summed E-state index contributed by atoms with van der Waals surface area (Å²) >= 11 is 4.92. The number of amides is 1. The summed E-state index contributed by atoms with van der Waals surface area (Å²) in [6.07, 6.45) is 1.29. The topological polar surface area (TPSA) is 46.3 Å². The van der Waals surface area contributed by atoms with E-state index in [0.717, 1.165) is 6.42 Å². The molecule has 0 aliphatic rings. The van der Waals surface area contributed by atoms with E-state index in [1.165, 1.54) is 11.1 Å². The van der Waals surface area contributed by atoms with E-state index in [2.05, 4.69) is 31.2 Å². The zero-order valence-corrected chi connectivity index (χ0v) is 12.7. The summed E-state index contributed by atoms with van der Waals surface area (Å²) < 4.78 is 0. The van der Waals surface area contributed by atoms with Crippen LogP contribution in [0.15, 0.2) is 24.3 Å². The maximum Gasteiger partial charge on any atom is 0.222 e. The molecular formula is C15H22N2OS. The van der Waals surface area contributed by atoms with Crippen molar-refractivity contribution in [1.29, 1.82) is 0 Å². The van der Waals surface area contributed by atoms with E-state index in [9.17, 15) is 4.79 Å². The second-order valence-electron chi connectivity index (χ2n) is 5.06. The van der Waals surface area contributed by atoms with Gasteiger partial charge in [0.15, 0.2) is 0 Å². The van der Waals surface area contributed by atoms with Gasteiger partial charge in [0.25, 0.3) is 0 Å². The zero-order valence-electron chi connectivity index (χ0n) is 11.8. The van der Waals surface area contributed by atoms with Gasteiger partial charge in [0.05, 0.1) is 4.99 Å². The van der Waals surface area contributed by atoms with Gasteiger partial charge in [0.1, 0.15) is 0 Å². The summed E-state index contributed by atoms with van der Waals surface area (Å²) in [5.74, 6) is 0.187. The zero-order chi connectivity index (χ0) is 14.4. The van der Waals surface area contributed by atoms with Gasteiger partial charge in [-0.3, -0.25) is 4.79 Å². The van der Waals surface area contributed by atoms with Crippen LogP contribution in [0.2, 0.25) is 0 Å². The highest BCUT2D eigenvalue weighted by Crippen LogP contribution is 2.08. The highest BCUT2D eigenvalue weighted by molar-refractivity contribution is 7.80. The summed E-state index contributed by atoms with van der Waals surface area (Å²) in [7, 11) is 1.80. The van der Waals surface area contributed by atoms with E-state index >= 15 is 0 Å². The normalized spacial score (nSPS) is 11.9. The molecule has 1 amide bonds. The van der Waals surface area contributed by atoms with Gasteiger partial charge in [-0.05, 0) is 18.9 Å². The summed E-state index contributed by atoms with van der Waals surface area (Å²) in [6.45, 7) is 4.58. The average molecular weight is 278 g/mol. The highest BCUT2D eigenvalue weighted by atomic mass is 32.1. The summed E-state index contributed by atoms with van der Waals surface area (Å²) in [5, 5.41) is 0. The van der Waals surface area contributed by atoms with Crippen LogP contribution in [0.3, 0.4) is 0 Å². The molecule has 3 nitrogen and oxygen atoms in total. The molecule has 0 saturated carbocycles. The molecule has 0 spiro atoms. The Morgan fingerprint density at radius 2 is 1.95 bits per heavy atom. The smallest absolute Gasteiger partial charge is 0.222 e. The van der Waals surface area contributed by atoms with Gasteiger partial charge in [0.2, 0.25) is 5.91 Å². The van der Waals surface area contributed by atoms with Gasteiger partial charge in [0, 0.05) is 25.9 Å². The second kappa shape index (κ2) is 7.24. The van der Waals surface area contributed by atoms with Crippen LogP contribution in [0.5, 0.6) is 0 Å². The molecule has 2 N–H and O–H groups in total. The van der Waals surface area contributed by atoms with E-state index in [0.29, 0.717) is 18.0 Å². The largest absolute Gasteiger partial charge is 0.393 e. The summed E-state index contributed by atoms with van der Waals surface area (Å²) in [6, 6.07) is 8.28. The van der Waals surface area contributed by atoms with Crippen molar-refractivity contribution in [2.45, 2.75) is 26.7 Å². The molecule has 1 rings (SSSR count). The first-order valence-electron chi connectivity index (χ1n) is 6.49. The Balaban J connectivity index is 2.42. The minimum absolute atomic E-state index is 0.0586. The van der Waals surface area contributed by atoms with E-state index in [4.69, 9.17) is 18.0 Å². The minimum atomic E-state index is 0.0586. The molecule has 1 aromatic rings. The fraction of sp³-hybridized carbons (Fsp3) is 0.467. The Morgan fingerprint density at radius 1 is 1.37 bits per heavy atom. The number of aryl methyl sites for hydroxylation is 2. The maximum absolute atomic E-state index is 12.0. The molecule has 4 heteroatoms. The van der Waals surface area contributed by atoms with Crippen LogP contribution < -0.4 is 5.73 Å². The van der Waals surface area contributed by atoms with Crippen LogP contribution in [0.4, 0.5) is 0 Å². The van der Waals surface area contributed by atoms with Crippen molar-refractivity contribution in [3.05, 3.63) is 35.4 Å². The Labute approximate surface area is 120 Å². The molecule has 1 unspecified atom stereocenters. The summed E-state index contributed by atoms with van der Waals surface area (Å²) in [4.78, 5) is 14.1. The third-order valence-corrected chi connectivity index (χ3v) is 3.61. The highest BCUT2D eigenvalue weighted by Gasteiger charge is 2.13. The molecular weight excluding hydrogens is 256 g/mol. The van der Waals surface area contributed by atoms with Gasteiger partial charge in [-0.2, -0.15) is 0 Å². The van der Waals surface area contributed by atoms with Gasteiger partial charge in [-0.15, -0.1) is 0 Å². The first-order valence-corrected chi connectivity index (χ1v) is 6.89. The first kappa shape index (κ1) is 15.6.